The molecule has 0 radical (unpaired) electrons. The van der Waals surface area contributed by atoms with Crippen LogP contribution < -0.4 is 5.32 Å². The summed E-state index contributed by atoms with van der Waals surface area (Å²) >= 11 is 13.8. The first kappa shape index (κ1) is 14.2. The first-order valence-corrected chi connectivity index (χ1v) is 7.52. The molecule has 0 aliphatic carbocycles. The molecule has 1 aromatic rings. The Bertz CT molecular complexity index is 318. The highest BCUT2D eigenvalue weighted by molar-refractivity contribution is 7.98. The van der Waals surface area contributed by atoms with E-state index in [1.165, 1.54) is 18.6 Å². The van der Waals surface area contributed by atoms with Gasteiger partial charge in [0.2, 0.25) is 0 Å². The summed E-state index contributed by atoms with van der Waals surface area (Å²) in [6, 6.07) is 5.63. The van der Waals surface area contributed by atoms with E-state index in [0.29, 0.717) is 5.02 Å². The molecular formula is C12H17Cl2NS. The molecule has 0 fully saturated rings. The molecule has 0 unspecified atom stereocenters. The van der Waals surface area contributed by atoms with Crippen molar-refractivity contribution < 1.29 is 0 Å². The molecule has 0 aromatic heterocycles. The van der Waals surface area contributed by atoms with Crippen LogP contribution in [0.4, 0.5) is 0 Å². The Balaban J connectivity index is 2.21. The Morgan fingerprint density at radius 3 is 2.75 bits per heavy atom. The van der Waals surface area contributed by atoms with Gasteiger partial charge in [0.25, 0.3) is 0 Å². The molecule has 1 N–H and O–H groups in total. The molecule has 0 saturated heterocycles. The maximum atomic E-state index is 6.06. The first-order chi connectivity index (χ1) is 7.74. The molecule has 0 bridgehead atoms. The van der Waals surface area contributed by atoms with Crippen LogP contribution in [0.15, 0.2) is 18.2 Å². The molecule has 4 heteroatoms. The molecule has 16 heavy (non-hydrogen) atoms. The molecule has 0 aliphatic heterocycles. The van der Waals surface area contributed by atoms with Crippen LogP contribution in [0, 0.1) is 0 Å². The molecule has 1 aromatic carbocycles. The average molecular weight is 278 g/mol. The normalized spacial score (nSPS) is 10.7. The zero-order valence-electron chi connectivity index (χ0n) is 9.43. The van der Waals surface area contributed by atoms with Crippen molar-refractivity contribution in [1.29, 1.82) is 0 Å². The molecule has 0 spiro atoms. The van der Waals surface area contributed by atoms with Gasteiger partial charge in [0.05, 0.1) is 0 Å². The lowest BCUT2D eigenvalue weighted by Crippen LogP contribution is -2.15. The SMILES string of the molecule is CSCCCCNCc1ccc(Cl)cc1Cl. The summed E-state index contributed by atoms with van der Waals surface area (Å²) in [4.78, 5) is 0. The quantitative estimate of drug-likeness (QED) is 0.749. The zero-order valence-corrected chi connectivity index (χ0v) is 11.8. The molecule has 0 aliphatic rings. The van der Waals surface area contributed by atoms with Gasteiger partial charge in [0.1, 0.15) is 0 Å². The third-order valence-corrected chi connectivity index (χ3v) is 3.57. The van der Waals surface area contributed by atoms with E-state index >= 15 is 0 Å². The maximum Gasteiger partial charge on any atom is 0.0465 e. The van der Waals surface area contributed by atoms with Crippen molar-refractivity contribution in [3.63, 3.8) is 0 Å². The fraction of sp³-hybridized carbons (Fsp3) is 0.500. The van der Waals surface area contributed by atoms with Gasteiger partial charge in [-0.15, -0.1) is 0 Å². The summed E-state index contributed by atoms with van der Waals surface area (Å²) in [5.41, 5.74) is 1.11. The summed E-state index contributed by atoms with van der Waals surface area (Å²) in [7, 11) is 0. The van der Waals surface area contributed by atoms with E-state index in [-0.39, 0.29) is 0 Å². The maximum absolute atomic E-state index is 6.06. The number of hydrogen-bond acceptors (Lipinski definition) is 2. The second kappa shape index (κ2) is 8.24. The second-order valence-electron chi connectivity index (χ2n) is 3.61. The van der Waals surface area contributed by atoms with E-state index in [0.717, 1.165) is 23.7 Å². The fourth-order valence-corrected chi connectivity index (χ4v) is 2.35. The summed E-state index contributed by atoms with van der Waals surface area (Å²) in [5.74, 6) is 1.24. The molecular weight excluding hydrogens is 261 g/mol. The van der Waals surface area contributed by atoms with E-state index < -0.39 is 0 Å². The van der Waals surface area contributed by atoms with Gasteiger partial charge in [0, 0.05) is 16.6 Å². The molecule has 0 heterocycles. The van der Waals surface area contributed by atoms with Crippen LogP contribution in [0.3, 0.4) is 0 Å². The van der Waals surface area contributed by atoms with Crippen LogP contribution in [-0.4, -0.2) is 18.6 Å². The van der Waals surface area contributed by atoms with Gasteiger partial charge in [-0.05, 0) is 49.1 Å². The smallest absolute Gasteiger partial charge is 0.0465 e. The van der Waals surface area contributed by atoms with Crippen LogP contribution in [0.1, 0.15) is 18.4 Å². The van der Waals surface area contributed by atoms with Crippen LogP contribution in [-0.2, 0) is 6.54 Å². The molecule has 0 atom stereocenters. The summed E-state index contributed by atoms with van der Waals surface area (Å²) in [5, 5.41) is 4.81. The Kier molecular flexibility index (Phi) is 7.30. The molecule has 0 saturated carbocycles. The predicted octanol–water partition coefficient (Wildman–Crippen LogP) is 4.23. The summed E-state index contributed by atoms with van der Waals surface area (Å²) in [6.07, 6.45) is 4.62. The highest BCUT2D eigenvalue weighted by atomic mass is 35.5. The highest BCUT2D eigenvalue weighted by Gasteiger charge is 2.00. The predicted molar refractivity (Wildman–Crippen MR) is 75.8 cm³/mol. The van der Waals surface area contributed by atoms with Gasteiger partial charge in [-0.25, -0.2) is 0 Å². The van der Waals surface area contributed by atoms with Gasteiger partial charge in [-0.2, -0.15) is 11.8 Å². The number of thioether (sulfide) groups is 1. The molecule has 1 nitrogen and oxygen atoms in total. The number of unbranched alkanes of at least 4 members (excludes halogenated alkanes) is 1. The molecule has 0 amide bonds. The Labute approximate surface area is 112 Å². The minimum absolute atomic E-state index is 0.689. The standard InChI is InChI=1S/C12H17Cl2NS/c1-16-7-3-2-6-15-9-10-4-5-11(13)8-12(10)14/h4-5,8,15H,2-3,6-7,9H2,1H3. The van der Waals surface area contributed by atoms with Gasteiger partial charge in [0.15, 0.2) is 0 Å². The lowest BCUT2D eigenvalue weighted by molar-refractivity contribution is 0.644. The van der Waals surface area contributed by atoms with Crippen molar-refractivity contribution in [1.82, 2.24) is 5.32 Å². The van der Waals surface area contributed by atoms with Crippen molar-refractivity contribution in [3.8, 4) is 0 Å². The van der Waals surface area contributed by atoms with Gasteiger partial charge in [-0.1, -0.05) is 29.3 Å². The van der Waals surface area contributed by atoms with Crippen LogP contribution >= 0.6 is 35.0 Å². The van der Waals surface area contributed by atoms with Gasteiger partial charge in [-0.3, -0.25) is 0 Å². The third kappa shape index (κ3) is 5.44. The largest absolute Gasteiger partial charge is 0.313 e. The Morgan fingerprint density at radius 2 is 2.06 bits per heavy atom. The van der Waals surface area contributed by atoms with E-state index in [2.05, 4.69) is 11.6 Å². The second-order valence-corrected chi connectivity index (χ2v) is 5.44. The lowest BCUT2D eigenvalue weighted by Gasteiger charge is -2.06. The number of hydrogen-bond donors (Lipinski definition) is 1. The van der Waals surface area contributed by atoms with Crippen molar-refractivity contribution in [2.45, 2.75) is 19.4 Å². The monoisotopic (exact) mass is 277 g/mol. The molecule has 1 rings (SSSR count). The summed E-state index contributed by atoms with van der Waals surface area (Å²) < 4.78 is 0. The van der Waals surface area contributed by atoms with Crippen molar-refractivity contribution >= 4 is 35.0 Å². The summed E-state index contributed by atoms with van der Waals surface area (Å²) in [6.45, 7) is 1.86. The zero-order chi connectivity index (χ0) is 11.8. The molecule has 90 valence electrons. The average Bonchev–Trinajstić information content (AvgIpc) is 2.26. The number of nitrogens with one attached hydrogen (secondary N) is 1. The fourth-order valence-electron chi connectivity index (χ4n) is 1.38. The first-order valence-electron chi connectivity index (χ1n) is 5.37. The minimum Gasteiger partial charge on any atom is -0.313 e. The van der Waals surface area contributed by atoms with Crippen LogP contribution in [0.25, 0.3) is 0 Å². The van der Waals surface area contributed by atoms with Crippen molar-refractivity contribution in [2.24, 2.45) is 0 Å². The lowest BCUT2D eigenvalue weighted by atomic mass is 10.2. The number of benzene rings is 1. The Hall–Kier alpha value is 0.110. The van der Waals surface area contributed by atoms with Gasteiger partial charge < -0.3 is 5.32 Å². The van der Waals surface area contributed by atoms with Crippen LogP contribution in [0.5, 0.6) is 0 Å². The number of rotatable bonds is 7. The minimum atomic E-state index is 0.689. The topological polar surface area (TPSA) is 12.0 Å². The van der Waals surface area contributed by atoms with Crippen LogP contribution in [0.2, 0.25) is 10.0 Å². The third-order valence-electron chi connectivity index (χ3n) is 2.28. The van der Waals surface area contributed by atoms with Crippen molar-refractivity contribution in [2.75, 3.05) is 18.6 Å². The number of halogens is 2. The van der Waals surface area contributed by atoms with Gasteiger partial charge >= 0.3 is 0 Å². The van der Waals surface area contributed by atoms with E-state index in [4.69, 9.17) is 23.2 Å². The van der Waals surface area contributed by atoms with E-state index in [9.17, 15) is 0 Å². The van der Waals surface area contributed by atoms with E-state index in [1.807, 2.05) is 23.9 Å². The Morgan fingerprint density at radius 1 is 1.25 bits per heavy atom. The highest BCUT2D eigenvalue weighted by Crippen LogP contribution is 2.20. The van der Waals surface area contributed by atoms with E-state index in [1.54, 1.807) is 6.07 Å². The van der Waals surface area contributed by atoms with Crippen molar-refractivity contribution in [3.05, 3.63) is 33.8 Å².